The number of aliphatic hydroxyl groups excluding tert-OH is 1. The number of H-pyrrole nitrogens is 1. The summed E-state index contributed by atoms with van der Waals surface area (Å²) < 4.78 is 8.23. The predicted octanol–water partition coefficient (Wildman–Crippen LogP) is 7.72. The van der Waals surface area contributed by atoms with Crippen molar-refractivity contribution in [2.45, 2.75) is 115 Å². The largest absolute Gasteiger partial charge is 0.504 e. The second kappa shape index (κ2) is 13.0. The van der Waals surface area contributed by atoms with Gasteiger partial charge in [-0.05, 0) is 102 Å². The first-order chi connectivity index (χ1) is 23.9. The number of nitrogens with one attached hydrogen (secondary N) is 2. The molecule has 2 aromatic heterocycles. The van der Waals surface area contributed by atoms with Crippen LogP contribution < -0.4 is 15.8 Å². The fraction of sp³-hybridized carbons (Fsp3) is 0.488. The van der Waals surface area contributed by atoms with Gasteiger partial charge in [0.2, 0.25) is 0 Å². The molecule has 2 aromatic carbocycles. The zero-order chi connectivity index (χ0) is 33.7. The van der Waals surface area contributed by atoms with Crippen LogP contribution in [0.5, 0.6) is 11.5 Å². The highest BCUT2D eigenvalue weighted by atomic mass is 16.5. The maximum absolute atomic E-state index is 12.5. The van der Waals surface area contributed by atoms with E-state index in [1.165, 1.54) is 59.0 Å². The summed E-state index contributed by atoms with van der Waals surface area (Å²) in [6.07, 6.45) is 17.8. The highest BCUT2D eigenvalue weighted by Crippen LogP contribution is 2.65. The zero-order valence-electron chi connectivity index (χ0n) is 28.6. The van der Waals surface area contributed by atoms with Gasteiger partial charge in [-0.2, -0.15) is 0 Å². The summed E-state index contributed by atoms with van der Waals surface area (Å²) in [4.78, 5) is 16.1. The van der Waals surface area contributed by atoms with Gasteiger partial charge in [-0.3, -0.25) is 4.79 Å². The Balaban J connectivity index is 1.02. The molecule has 49 heavy (non-hydrogen) atoms. The molecule has 8 nitrogen and oxygen atoms in total. The summed E-state index contributed by atoms with van der Waals surface area (Å²) in [6, 6.07) is 12.1. The van der Waals surface area contributed by atoms with Crippen molar-refractivity contribution >= 4 is 22.3 Å². The van der Waals surface area contributed by atoms with Crippen LogP contribution in [0.15, 0.2) is 60.7 Å². The lowest BCUT2D eigenvalue weighted by Gasteiger charge is -2.51. The molecule has 8 heteroatoms. The Morgan fingerprint density at radius 2 is 2.04 bits per heavy atom. The highest BCUT2D eigenvalue weighted by Gasteiger charge is 2.56. The number of carbonyl (C=O) groups is 1. The molecule has 1 saturated carbocycles. The van der Waals surface area contributed by atoms with Crippen LogP contribution in [0.25, 0.3) is 16.5 Å². The highest BCUT2D eigenvalue weighted by molar-refractivity contribution is 5.88. The average molecular weight is 663 g/mol. The number of hydrogen-bond acceptors (Lipinski definition) is 6. The number of aliphatic hydroxyl groups is 1. The third-order valence-electron chi connectivity index (χ3n) is 12.1. The van der Waals surface area contributed by atoms with Gasteiger partial charge in [0.25, 0.3) is 0 Å². The van der Waals surface area contributed by atoms with Crippen LogP contribution in [-0.4, -0.2) is 31.7 Å². The van der Waals surface area contributed by atoms with E-state index in [-0.39, 0.29) is 36.3 Å². The zero-order valence-corrected chi connectivity index (χ0v) is 28.6. The maximum atomic E-state index is 12.5. The SMILES string of the molecule is CCCCCC(O)CC(=O)CCc1ccc(O)c(OCn2cc3[nH]cc(C45CCCC4C4CCCC6=C4c4c(cccc45)C(N)N6)c3c2)c1. The van der Waals surface area contributed by atoms with Gasteiger partial charge in [-0.1, -0.05) is 56.9 Å². The first-order valence-electron chi connectivity index (χ1n) is 18.6. The number of carbonyl (C=O) groups excluding carboxylic acids is 1. The first kappa shape index (κ1) is 32.2. The number of Topliss-reactive ketones (excluding diaryl/α,β-unsaturated/α-hetero) is 1. The number of fused-ring (bicyclic) bond motifs is 4. The number of phenolic OH excluding ortho intramolecular Hbond substituents is 1. The molecule has 3 heterocycles. The molecule has 0 radical (unpaired) electrons. The molecule has 4 aliphatic rings. The minimum Gasteiger partial charge on any atom is -0.504 e. The summed E-state index contributed by atoms with van der Waals surface area (Å²) in [5.74, 6) is 1.62. The summed E-state index contributed by atoms with van der Waals surface area (Å²) in [5.41, 5.74) is 17.1. The Hall–Kier alpha value is -4.01. The van der Waals surface area contributed by atoms with Crippen LogP contribution in [0.3, 0.4) is 0 Å². The van der Waals surface area contributed by atoms with Crippen LogP contribution in [0, 0.1) is 11.8 Å². The molecular formula is C41H50N4O4. The van der Waals surface area contributed by atoms with E-state index < -0.39 is 6.10 Å². The van der Waals surface area contributed by atoms with Crippen molar-refractivity contribution in [3.05, 3.63) is 88.5 Å². The fourth-order valence-corrected chi connectivity index (χ4v) is 9.91. The van der Waals surface area contributed by atoms with Crippen molar-refractivity contribution in [3.8, 4) is 11.5 Å². The third kappa shape index (κ3) is 5.57. The van der Waals surface area contributed by atoms with Gasteiger partial charge in [-0.25, -0.2) is 0 Å². The molecule has 5 atom stereocenters. The Morgan fingerprint density at radius 3 is 2.92 bits per heavy atom. The van der Waals surface area contributed by atoms with Crippen LogP contribution in [0.2, 0.25) is 0 Å². The summed E-state index contributed by atoms with van der Waals surface area (Å²) in [5, 5.41) is 25.7. The van der Waals surface area contributed by atoms with E-state index in [4.69, 9.17) is 10.5 Å². The molecule has 3 aliphatic carbocycles. The van der Waals surface area contributed by atoms with Crippen LogP contribution in [0.1, 0.15) is 118 Å². The molecular weight excluding hydrogens is 612 g/mol. The number of nitrogens with zero attached hydrogens (tertiary/aromatic N) is 1. The molecule has 6 N–H and O–H groups in total. The Kier molecular flexibility index (Phi) is 8.57. The Morgan fingerprint density at radius 1 is 1.14 bits per heavy atom. The molecule has 1 fully saturated rings. The number of unbranched alkanes of at least 4 members (excludes halogenated alkanes) is 2. The van der Waals surface area contributed by atoms with Gasteiger partial charge < -0.3 is 35.6 Å². The van der Waals surface area contributed by atoms with E-state index >= 15 is 0 Å². The quantitative estimate of drug-likeness (QED) is 0.0934. The molecule has 0 bridgehead atoms. The minimum absolute atomic E-state index is 0.0615. The maximum Gasteiger partial charge on any atom is 0.165 e. The monoisotopic (exact) mass is 662 g/mol. The number of aromatic nitrogens is 2. The van der Waals surface area contributed by atoms with Crippen molar-refractivity contribution in [1.29, 1.82) is 0 Å². The number of hydrogen-bond donors (Lipinski definition) is 5. The van der Waals surface area contributed by atoms with Gasteiger partial charge in [-0.15, -0.1) is 0 Å². The number of benzene rings is 2. The van der Waals surface area contributed by atoms with E-state index in [2.05, 4.69) is 54.0 Å². The third-order valence-corrected chi connectivity index (χ3v) is 12.1. The van der Waals surface area contributed by atoms with Gasteiger partial charge in [0.15, 0.2) is 18.2 Å². The number of aromatic amines is 1. The smallest absolute Gasteiger partial charge is 0.165 e. The van der Waals surface area contributed by atoms with Crippen LogP contribution in [0.4, 0.5) is 0 Å². The van der Waals surface area contributed by atoms with Crippen molar-refractivity contribution in [2.24, 2.45) is 17.6 Å². The van der Waals surface area contributed by atoms with E-state index in [1.54, 1.807) is 11.6 Å². The molecule has 0 saturated heterocycles. The summed E-state index contributed by atoms with van der Waals surface area (Å²) >= 11 is 0. The Bertz CT molecular complexity index is 1900. The standard InChI is InChI=1S/C41H50N4O4/c1-2-3-4-8-26(46)20-27(47)16-14-25-15-17-36(48)37(19-25)49-24-45-22-30-33(21-43-35(30)23-45)41-18-7-12-31(41)28-9-6-13-34-39(28)38-29(40(42)44-34)10-5-11-32(38)41/h5,10-11,15,17,19,21-23,26,28,31,40,43-44,46,48H,2-4,6-9,12-14,16,18,20,24,42H2,1H3. The molecule has 258 valence electrons. The number of nitrogens with two attached hydrogens (primary N) is 1. The van der Waals surface area contributed by atoms with Gasteiger partial charge in [0.1, 0.15) is 11.9 Å². The minimum atomic E-state index is -0.564. The number of phenols is 1. The summed E-state index contributed by atoms with van der Waals surface area (Å²) in [6.45, 7) is 2.38. The molecule has 5 unspecified atom stereocenters. The van der Waals surface area contributed by atoms with Crippen LogP contribution >= 0.6 is 0 Å². The molecule has 8 rings (SSSR count). The van der Waals surface area contributed by atoms with Crippen molar-refractivity contribution in [1.82, 2.24) is 14.9 Å². The Labute approximate surface area is 288 Å². The lowest BCUT2D eigenvalue weighted by atomic mass is 9.53. The van der Waals surface area contributed by atoms with Gasteiger partial charge in [0.05, 0.1) is 11.6 Å². The van der Waals surface area contributed by atoms with E-state index in [9.17, 15) is 15.0 Å². The summed E-state index contributed by atoms with van der Waals surface area (Å²) in [7, 11) is 0. The van der Waals surface area contributed by atoms with E-state index in [1.807, 2.05) is 16.7 Å². The average Bonchev–Trinajstić information content (AvgIpc) is 3.82. The van der Waals surface area contributed by atoms with Crippen molar-refractivity contribution < 1.29 is 19.7 Å². The van der Waals surface area contributed by atoms with Gasteiger partial charge >= 0.3 is 0 Å². The van der Waals surface area contributed by atoms with Crippen molar-refractivity contribution in [3.63, 3.8) is 0 Å². The van der Waals surface area contributed by atoms with Crippen LogP contribution in [-0.2, 0) is 23.4 Å². The van der Waals surface area contributed by atoms with E-state index in [0.717, 1.165) is 43.2 Å². The lowest BCUT2D eigenvalue weighted by Crippen LogP contribution is -2.46. The number of aromatic hydroxyl groups is 1. The van der Waals surface area contributed by atoms with E-state index in [0.29, 0.717) is 36.8 Å². The molecule has 4 aromatic rings. The number of allylic oxidation sites excluding steroid dienone is 2. The lowest BCUT2D eigenvalue weighted by molar-refractivity contribution is -0.121. The number of aryl methyl sites for hydroxylation is 1. The second-order valence-electron chi connectivity index (χ2n) is 15.0. The topological polar surface area (TPSA) is 126 Å². The normalized spacial score (nSPS) is 24.4. The number of ketones is 1. The predicted molar refractivity (Wildman–Crippen MR) is 192 cm³/mol. The van der Waals surface area contributed by atoms with Gasteiger partial charge in [0, 0.05) is 47.9 Å². The first-order valence-corrected chi connectivity index (χ1v) is 18.6. The number of ether oxygens (including phenoxy) is 1. The number of rotatable bonds is 13. The molecule has 0 amide bonds. The second-order valence-corrected chi connectivity index (χ2v) is 15.0. The molecule has 0 spiro atoms. The fourth-order valence-electron chi connectivity index (χ4n) is 9.91. The molecule has 1 aliphatic heterocycles. The van der Waals surface area contributed by atoms with Crippen molar-refractivity contribution in [2.75, 3.05) is 0 Å².